The van der Waals surface area contributed by atoms with Gasteiger partial charge in [-0.15, -0.1) is 11.3 Å². The van der Waals surface area contributed by atoms with Crippen molar-refractivity contribution in [3.05, 3.63) is 87.2 Å². The van der Waals surface area contributed by atoms with E-state index in [1.54, 1.807) is 6.07 Å². The minimum absolute atomic E-state index is 0.0469. The Labute approximate surface area is 218 Å². The molecule has 2 aromatic carbocycles. The van der Waals surface area contributed by atoms with Gasteiger partial charge in [-0.05, 0) is 42.8 Å². The van der Waals surface area contributed by atoms with Crippen LogP contribution in [0.4, 0.5) is 26.0 Å². The number of hydrogen-bond donors (Lipinski definition) is 3. The lowest BCUT2D eigenvalue weighted by atomic mass is 10.1. The van der Waals surface area contributed by atoms with Gasteiger partial charge in [0.2, 0.25) is 0 Å². The summed E-state index contributed by atoms with van der Waals surface area (Å²) in [5.74, 6) is -2.11. The Balaban J connectivity index is 1.29. The van der Waals surface area contributed by atoms with Crippen LogP contribution in [0.2, 0.25) is 0 Å². The van der Waals surface area contributed by atoms with E-state index in [1.165, 1.54) is 23.5 Å². The second-order valence-corrected chi connectivity index (χ2v) is 10.1. The zero-order valence-electron chi connectivity index (χ0n) is 20.1. The summed E-state index contributed by atoms with van der Waals surface area (Å²) in [5.41, 5.74) is -0.0845. The monoisotopic (exact) mass is 533 g/mol. The van der Waals surface area contributed by atoms with Crippen molar-refractivity contribution < 1.29 is 13.6 Å². The fourth-order valence-electron chi connectivity index (χ4n) is 4.37. The molecular weight excluding hydrogens is 512 g/mol. The van der Waals surface area contributed by atoms with Crippen LogP contribution in [0.25, 0.3) is 21.3 Å². The number of fused-ring (bicyclic) bond motifs is 2. The Morgan fingerprint density at radius 2 is 1.95 bits per heavy atom. The highest BCUT2D eigenvalue weighted by molar-refractivity contribution is 7.20. The number of amides is 1. The number of aromatic amines is 1. The van der Waals surface area contributed by atoms with Gasteiger partial charge in [0.25, 0.3) is 11.5 Å². The maximum absolute atomic E-state index is 15.5. The quantitative estimate of drug-likeness (QED) is 0.306. The van der Waals surface area contributed by atoms with Crippen LogP contribution in [-0.4, -0.2) is 44.4 Å². The molecule has 0 saturated heterocycles. The predicted octanol–water partition coefficient (Wildman–Crippen LogP) is 4.57. The average molecular weight is 534 g/mol. The standard InChI is InChI=1S/C26H21F2N7O2S/c1-34-8-9-35-15(13-34)11-22(33-35)29-19-12-18(31-32-25(19)36)16-6-7-17(27)24(23(16)28)30-26(37)21-10-14-4-2-3-5-20(14)38-21/h2-7,10-12H,8-9,13H2,1H3,(H,30,37)(H,32,36)(H,29,31,33). The van der Waals surface area contributed by atoms with E-state index >= 15 is 4.39 Å². The SMILES string of the molecule is CN1CCn2nc(Nc3cc(-c4ccc(F)c(NC(=O)c5cc6ccccc6s5)c4F)n[nH]c3=O)cc2C1. The molecule has 1 amide bonds. The number of benzene rings is 2. The Bertz CT molecular complexity index is 1730. The van der Waals surface area contributed by atoms with Crippen molar-refractivity contribution in [3.8, 4) is 11.3 Å². The molecule has 0 radical (unpaired) electrons. The van der Waals surface area contributed by atoms with Gasteiger partial charge in [-0.2, -0.15) is 10.2 Å². The van der Waals surface area contributed by atoms with Crippen molar-refractivity contribution in [1.29, 1.82) is 0 Å². The minimum atomic E-state index is -1.01. The second-order valence-electron chi connectivity index (χ2n) is 8.99. The molecule has 9 nitrogen and oxygen atoms in total. The summed E-state index contributed by atoms with van der Waals surface area (Å²) in [6, 6.07) is 14.5. The van der Waals surface area contributed by atoms with Crippen molar-refractivity contribution in [1.82, 2.24) is 24.9 Å². The molecule has 38 heavy (non-hydrogen) atoms. The van der Waals surface area contributed by atoms with E-state index in [1.807, 2.05) is 42.1 Å². The van der Waals surface area contributed by atoms with Crippen LogP contribution < -0.4 is 16.2 Å². The average Bonchev–Trinajstić information content (AvgIpc) is 3.51. The van der Waals surface area contributed by atoms with Crippen LogP contribution in [0.1, 0.15) is 15.4 Å². The molecule has 6 rings (SSSR count). The fourth-order valence-corrected chi connectivity index (χ4v) is 5.32. The van der Waals surface area contributed by atoms with Gasteiger partial charge in [0, 0.05) is 29.4 Å². The van der Waals surface area contributed by atoms with Crippen molar-refractivity contribution in [3.63, 3.8) is 0 Å². The molecule has 0 bridgehead atoms. The van der Waals surface area contributed by atoms with Crippen LogP contribution >= 0.6 is 11.3 Å². The summed E-state index contributed by atoms with van der Waals surface area (Å²) < 4.78 is 32.9. The van der Waals surface area contributed by atoms with Crippen LogP contribution in [-0.2, 0) is 13.1 Å². The predicted molar refractivity (Wildman–Crippen MR) is 142 cm³/mol. The highest BCUT2D eigenvalue weighted by Gasteiger charge is 2.21. The van der Waals surface area contributed by atoms with Crippen LogP contribution in [0.3, 0.4) is 0 Å². The number of anilines is 3. The number of carbonyl (C=O) groups is 1. The molecule has 1 aliphatic heterocycles. The second kappa shape index (κ2) is 9.47. The van der Waals surface area contributed by atoms with Crippen molar-refractivity contribution in [2.24, 2.45) is 0 Å². The van der Waals surface area contributed by atoms with Gasteiger partial charge >= 0.3 is 0 Å². The summed E-state index contributed by atoms with van der Waals surface area (Å²) in [5, 5.41) is 16.9. The van der Waals surface area contributed by atoms with Gasteiger partial charge in [0.05, 0.1) is 22.8 Å². The first kappa shape index (κ1) is 23.9. The first-order chi connectivity index (χ1) is 18.4. The molecule has 0 fully saturated rings. The fraction of sp³-hybridized carbons (Fsp3) is 0.154. The van der Waals surface area contributed by atoms with E-state index in [9.17, 15) is 14.0 Å². The Hall–Kier alpha value is -4.42. The first-order valence-electron chi connectivity index (χ1n) is 11.8. The lowest BCUT2D eigenvalue weighted by Gasteiger charge is -2.22. The molecule has 5 aromatic rings. The van der Waals surface area contributed by atoms with Crippen LogP contribution in [0.5, 0.6) is 0 Å². The number of halogens is 2. The molecular formula is C26H21F2N7O2S. The number of aromatic nitrogens is 4. The topological polar surface area (TPSA) is 108 Å². The van der Waals surface area contributed by atoms with Crippen molar-refractivity contribution in [2.45, 2.75) is 13.1 Å². The molecule has 0 atom stereocenters. The molecule has 192 valence electrons. The van der Waals surface area contributed by atoms with Crippen LogP contribution in [0.15, 0.2) is 59.4 Å². The number of H-pyrrole nitrogens is 1. The normalized spacial score (nSPS) is 13.4. The summed E-state index contributed by atoms with van der Waals surface area (Å²) in [6.45, 7) is 2.31. The van der Waals surface area contributed by atoms with E-state index in [2.05, 4.69) is 30.8 Å². The largest absolute Gasteiger partial charge is 0.334 e. The van der Waals surface area contributed by atoms with Gasteiger partial charge in [0.1, 0.15) is 17.2 Å². The summed E-state index contributed by atoms with van der Waals surface area (Å²) in [7, 11) is 2.01. The highest BCUT2D eigenvalue weighted by atomic mass is 32.1. The number of nitrogens with zero attached hydrogens (tertiary/aromatic N) is 4. The maximum Gasteiger partial charge on any atom is 0.287 e. The molecule has 3 aromatic heterocycles. The number of rotatable bonds is 5. The number of nitrogens with one attached hydrogen (secondary N) is 3. The van der Waals surface area contributed by atoms with Gasteiger partial charge in [-0.1, -0.05) is 18.2 Å². The molecule has 3 N–H and O–H groups in total. The molecule has 0 unspecified atom stereocenters. The molecule has 1 aliphatic rings. The number of thiophene rings is 1. The summed E-state index contributed by atoms with van der Waals surface area (Å²) >= 11 is 1.22. The molecule has 4 heterocycles. The Morgan fingerprint density at radius 1 is 1.11 bits per heavy atom. The lowest BCUT2D eigenvalue weighted by Crippen LogP contribution is -2.30. The number of carbonyl (C=O) groups excluding carboxylic acids is 1. The zero-order chi connectivity index (χ0) is 26.4. The smallest absolute Gasteiger partial charge is 0.287 e. The highest BCUT2D eigenvalue weighted by Crippen LogP contribution is 2.31. The summed E-state index contributed by atoms with van der Waals surface area (Å²) in [6.07, 6.45) is 0. The van der Waals surface area contributed by atoms with Crippen molar-refractivity contribution >= 4 is 44.5 Å². The zero-order valence-corrected chi connectivity index (χ0v) is 20.9. The van der Waals surface area contributed by atoms with E-state index in [4.69, 9.17) is 0 Å². The third-order valence-corrected chi connectivity index (χ3v) is 7.42. The van der Waals surface area contributed by atoms with E-state index < -0.39 is 28.8 Å². The van der Waals surface area contributed by atoms with Gasteiger partial charge < -0.3 is 10.6 Å². The van der Waals surface area contributed by atoms with Gasteiger partial charge in [0.15, 0.2) is 11.6 Å². The first-order valence-corrected chi connectivity index (χ1v) is 12.6. The summed E-state index contributed by atoms with van der Waals surface area (Å²) in [4.78, 5) is 27.8. The van der Waals surface area contributed by atoms with Crippen molar-refractivity contribution in [2.75, 3.05) is 24.2 Å². The van der Waals surface area contributed by atoms with Crippen LogP contribution in [0, 0.1) is 11.6 Å². The lowest BCUT2D eigenvalue weighted by molar-refractivity contribution is 0.102. The minimum Gasteiger partial charge on any atom is -0.334 e. The third-order valence-electron chi connectivity index (χ3n) is 6.31. The molecule has 0 spiro atoms. The molecule has 0 saturated carbocycles. The third kappa shape index (κ3) is 4.44. The van der Waals surface area contributed by atoms with E-state index in [-0.39, 0.29) is 16.9 Å². The van der Waals surface area contributed by atoms with E-state index in [0.29, 0.717) is 10.7 Å². The number of hydrogen-bond acceptors (Lipinski definition) is 7. The Morgan fingerprint density at radius 3 is 2.79 bits per heavy atom. The molecule has 12 heteroatoms. The Kier molecular flexibility index (Phi) is 5.97. The number of likely N-dealkylation sites (N-methyl/N-ethyl adjacent to an activating group) is 1. The van der Waals surface area contributed by atoms with E-state index in [0.717, 1.165) is 41.5 Å². The maximum atomic E-state index is 15.5. The van der Waals surface area contributed by atoms with Gasteiger partial charge in [-0.25, -0.2) is 13.9 Å². The van der Waals surface area contributed by atoms with Gasteiger partial charge in [-0.3, -0.25) is 19.2 Å². The molecule has 0 aliphatic carbocycles.